The molecule has 3 rings (SSSR count). The molecule has 1 fully saturated rings. The van der Waals surface area contributed by atoms with E-state index in [0.29, 0.717) is 25.3 Å². The van der Waals surface area contributed by atoms with E-state index in [1.165, 1.54) is 0 Å². The van der Waals surface area contributed by atoms with Crippen LogP contribution in [0.4, 0.5) is 0 Å². The summed E-state index contributed by atoms with van der Waals surface area (Å²) >= 11 is 0. The topological polar surface area (TPSA) is 75.7 Å². The zero-order chi connectivity index (χ0) is 15.7. The van der Waals surface area contributed by atoms with Crippen molar-refractivity contribution in [1.82, 2.24) is 9.62 Å². The van der Waals surface area contributed by atoms with Crippen LogP contribution in [0, 0.1) is 0 Å². The van der Waals surface area contributed by atoms with E-state index in [1.54, 1.807) is 11.0 Å². The standard InChI is InChI=1S/C15H20N2O4S/c1-22(19,20)16-13-3-2-7-17(10-13)15(18)12-4-5-14-11(9-12)6-8-21-14/h4-5,9,13,16H,2-3,6-8,10H2,1H3/t13-/m1/s1. The summed E-state index contributed by atoms with van der Waals surface area (Å²) in [5, 5.41) is 0. The quantitative estimate of drug-likeness (QED) is 0.891. The maximum atomic E-state index is 12.6. The van der Waals surface area contributed by atoms with E-state index in [1.807, 2.05) is 12.1 Å². The summed E-state index contributed by atoms with van der Waals surface area (Å²) in [7, 11) is -3.25. The Morgan fingerprint density at radius 1 is 1.41 bits per heavy atom. The smallest absolute Gasteiger partial charge is 0.253 e. The third kappa shape index (κ3) is 3.41. The van der Waals surface area contributed by atoms with Gasteiger partial charge in [-0.15, -0.1) is 0 Å². The Morgan fingerprint density at radius 3 is 3.00 bits per heavy atom. The van der Waals surface area contributed by atoms with Crippen molar-refractivity contribution in [1.29, 1.82) is 0 Å². The molecule has 1 saturated heterocycles. The van der Waals surface area contributed by atoms with Gasteiger partial charge in [-0.25, -0.2) is 13.1 Å². The lowest BCUT2D eigenvalue weighted by molar-refractivity contribution is 0.0703. The molecule has 0 bridgehead atoms. The van der Waals surface area contributed by atoms with Crippen LogP contribution in [0.5, 0.6) is 5.75 Å². The van der Waals surface area contributed by atoms with Crippen LogP contribution in [0.1, 0.15) is 28.8 Å². The predicted molar refractivity (Wildman–Crippen MR) is 82.5 cm³/mol. The summed E-state index contributed by atoms with van der Waals surface area (Å²) < 4.78 is 30.7. The number of nitrogens with zero attached hydrogens (tertiary/aromatic N) is 1. The van der Waals surface area contributed by atoms with E-state index in [9.17, 15) is 13.2 Å². The summed E-state index contributed by atoms with van der Waals surface area (Å²) in [6.45, 7) is 1.74. The fraction of sp³-hybridized carbons (Fsp3) is 0.533. The number of fused-ring (bicyclic) bond motifs is 1. The highest BCUT2D eigenvalue weighted by Gasteiger charge is 2.27. The van der Waals surface area contributed by atoms with Crippen molar-refractivity contribution in [2.45, 2.75) is 25.3 Å². The average Bonchev–Trinajstić information content (AvgIpc) is 2.92. The molecular formula is C15H20N2O4S. The lowest BCUT2D eigenvalue weighted by atomic mass is 10.0. The van der Waals surface area contributed by atoms with Gasteiger partial charge in [-0.05, 0) is 36.6 Å². The molecule has 2 aliphatic heterocycles. The average molecular weight is 324 g/mol. The molecule has 22 heavy (non-hydrogen) atoms. The van der Waals surface area contributed by atoms with Crippen molar-refractivity contribution < 1.29 is 17.9 Å². The number of benzene rings is 1. The van der Waals surface area contributed by atoms with Gasteiger partial charge in [0.05, 0.1) is 12.9 Å². The first kappa shape index (κ1) is 15.3. The van der Waals surface area contributed by atoms with Gasteiger partial charge < -0.3 is 9.64 Å². The first-order valence-electron chi connectivity index (χ1n) is 7.45. The van der Waals surface area contributed by atoms with Gasteiger partial charge in [-0.1, -0.05) is 0 Å². The van der Waals surface area contributed by atoms with Gasteiger partial charge in [-0.2, -0.15) is 0 Å². The Hall–Kier alpha value is -1.60. The van der Waals surface area contributed by atoms with Crippen LogP contribution in [-0.4, -0.2) is 51.2 Å². The molecule has 0 unspecified atom stereocenters. The largest absolute Gasteiger partial charge is 0.493 e. The van der Waals surface area contributed by atoms with Gasteiger partial charge in [0.1, 0.15) is 5.75 Å². The number of carbonyl (C=O) groups is 1. The number of piperidine rings is 1. The molecule has 1 amide bonds. The fourth-order valence-corrected chi connectivity index (χ4v) is 3.86. The molecule has 0 radical (unpaired) electrons. The van der Waals surface area contributed by atoms with Gasteiger partial charge in [0.25, 0.3) is 5.91 Å². The monoisotopic (exact) mass is 324 g/mol. The third-order valence-electron chi connectivity index (χ3n) is 4.03. The number of likely N-dealkylation sites (tertiary alicyclic amines) is 1. The minimum atomic E-state index is -3.25. The van der Waals surface area contributed by atoms with E-state index in [0.717, 1.165) is 36.8 Å². The van der Waals surface area contributed by atoms with E-state index >= 15 is 0 Å². The van der Waals surface area contributed by atoms with Crippen molar-refractivity contribution >= 4 is 15.9 Å². The summed E-state index contributed by atoms with van der Waals surface area (Å²) in [6.07, 6.45) is 3.53. The molecule has 0 spiro atoms. The number of sulfonamides is 1. The zero-order valence-electron chi connectivity index (χ0n) is 12.5. The second-order valence-corrected chi connectivity index (χ2v) is 7.68. The zero-order valence-corrected chi connectivity index (χ0v) is 13.4. The van der Waals surface area contributed by atoms with Crippen LogP contribution in [0.25, 0.3) is 0 Å². The second kappa shape index (κ2) is 5.89. The summed E-state index contributed by atoms with van der Waals surface area (Å²) in [5.41, 5.74) is 1.71. The fourth-order valence-electron chi connectivity index (χ4n) is 3.06. The van der Waals surface area contributed by atoms with Crippen LogP contribution in [0.3, 0.4) is 0 Å². The lowest BCUT2D eigenvalue weighted by Gasteiger charge is -2.32. The van der Waals surface area contributed by atoms with E-state index in [-0.39, 0.29) is 11.9 Å². The molecule has 1 aromatic rings. The van der Waals surface area contributed by atoms with Gasteiger partial charge in [-0.3, -0.25) is 4.79 Å². The Morgan fingerprint density at radius 2 is 2.23 bits per heavy atom. The third-order valence-corrected chi connectivity index (χ3v) is 4.79. The van der Waals surface area contributed by atoms with Crippen LogP contribution >= 0.6 is 0 Å². The number of nitrogens with one attached hydrogen (secondary N) is 1. The molecule has 6 nitrogen and oxygen atoms in total. The molecular weight excluding hydrogens is 304 g/mol. The SMILES string of the molecule is CS(=O)(=O)N[C@@H]1CCCN(C(=O)c2ccc3c(c2)CCO3)C1. The number of amides is 1. The number of carbonyl (C=O) groups excluding carboxylic acids is 1. The Kier molecular flexibility index (Phi) is 4.10. The van der Waals surface area contributed by atoms with E-state index in [2.05, 4.69) is 4.72 Å². The van der Waals surface area contributed by atoms with Gasteiger partial charge >= 0.3 is 0 Å². The van der Waals surface area contributed by atoms with Crippen LogP contribution < -0.4 is 9.46 Å². The van der Waals surface area contributed by atoms with Crippen molar-refractivity contribution in [3.05, 3.63) is 29.3 Å². The lowest BCUT2D eigenvalue weighted by Crippen LogP contribution is -2.49. The van der Waals surface area contributed by atoms with Gasteiger partial charge in [0, 0.05) is 31.1 Å². The van der Waals surface area contributed by atoms with Crippen molar-refractivity contribution in [3.63, 3.8) is 0 Å². The predicted octanol–water partition coefficient (Wildman–Crippen LogP) is 0.775. The van der Waals surface area contributed by atoms with Crippen LogP contribution in [0.15, 0.2) is 18.2 Å². The molecule has 1 atom stereocenters. The highest BCUT2D eigenvalue weighted by atomic mass is 32.2. The minimum absolute atomic E-state index is 0.0466. The molecule has 2 heterocycles. The highest BCUT2D eigenvalue weighted by Crippen LogP contribution is 2.26. The second-order valence-electron chi connectivity index (χ2n) is 5.90. The number of hydrogen-bond donors (Lipinski definition) is 1. The molecule has 0 aromatic heterocycles. The Labute approximate surface area is 130 Å². The highest BCUT2D eigenvalue weighted by molar-refractivity contribution is 7.88. The van der Waals surface area contributed by atoms with Crippen LogP contribution in [-0.2, 0) is 16.4 Å². The maximum absolute atomic E-state index is 12.6. The van der Waals surface area contributed by atoms with Crippen LogP contribution in [0.2, 0.25) is 0 Å². The molecule has 0 aliphatic carbocycles. The summed E-state index contributed by atoms with van der Waals surface area (Å²) in [5.74, 6) is 0.807. The normalized spacial score (nSPS) is 21.3. The minimum Gasteiger partial charge on any atom is -0.493 e. The molecule has 120 valence electrons. The Balaban J connectivity index is 1.71. The first-order valence-corrected chi connectivity index (χ1v) is 9.34. The van der Waals surface area contributed by atoms with E-state index < -0.39 is 10.0 Å². The molecule has 1 N–H and O–H groups in total. The summed E-state index contributed by atoms with van der Waals surface area (Å²) in [4.78, 5) is 14.3. The molecule has 7 heteroatoms. The Bertz CT molecular complexity index is 687. The first-order chi connectivity index (χ1) is 10.4. The van der Waals surface area contributed by atoms with Gasteiger partial charge in [0.15, 0.2) is 0 Å². The molecule has 2 aliphatic rings. The molecule has 1 aromatic carbocycles. The number of ether oxygens (including phenoxy) is 1. The molecule has 0 saturated carbocycles. The number of rotatable bonds is 3. The van der Waals surface area contributed by atoms with Crippen molar-refractivity contribution in [3.8, 4) is 5.75 Å². The van der Waals surface area contributed by atoms with Crippen molar-refractivity contribution in [2.75, 3.05) is 26.0 Å². The van der Waals surface area contributed by atoms with E-state index in [4.69, 9.17) is 4.74 Å². The number of hydrogen-bond acceptors (Lipinski definition) is 4. The van der Waals surface area contributed by atoms with Crippen molar-refractivity contribution in [2.24, 2.45) is 0 Å². The maximum Gasteiger partial charge on any atom is 0.253 e. The van der Waals surface area contributed by atoms with Gasteiger partial charge in [0.2, 0.25) is 10.0 Å². The summed E-state index contributed by atoms with van der Waals surface area (Å²) in [6, 6.07) is 5.30.